The molecule has 1 N–H and O–H groups in total. The zero-order chi connectivity index (χ0) is 8.10. The first-order chi connectivity index (χ1) is 5.33. The first-order valence-corrected chi connectivity index (χ1v) is 3.71. The second-order valence-corrected chi connectivity index (χ2v) is 2.44. The zero-order valence-corrected chi connectivity index (χ0v) is 6.70. The van der Waals surface area contributed by atoms with Crippen LogP contribution in [-0.4, -0.2) is 13.2 Å². The summed E-state index contributed by atoms with van der Waals surface area (Å²) in [5, 5.41) is 3.20. The smallest absolute Gasteiger partial charge is 0.193 e. The SMILES string of the molecule is FCCNCc1ccc(Cl)o1. The Kier molecular flexibility index (Phi) is 3.39. The second-order valence-electron chi connectivity index (χ2n) is 2.07. The van der Waals surface area contributed by atoms with E-state index in [2.05, 4.69) is 5.32 Å². The third-order valence-electron chi connectivity index (χ3n) is 1.20. The highest BCUT2D eigenvalue weighted by atomic mass is 35.5. The maximum Gasteiger partial charge on any atom is 0.193 e. The topological polar surface area (TPSA) is 25.2 Å². The fraction of sp³-hybridized carbons (Fsp3) is 0.429. The summed E-state index contributed by atoms with van der Waals surface area (Å²) in [5.74, 6) is 0.725. The fourth-order valence-corrected chi connectivity index (χ4v) is 0.887. The van der Waals surface area contributed by atoms with Crippen LogP contribution in [0.4, 0.5) is 4.39 Å². The number of rotatable bonds is 4. The zero-order valence-electron chi connectivity index (χ0n) is 5.94. The third kappa shape index (κ3) is 2.91. The Labute approximate surface area is 69.3 Å². The van der Waals surface area contributed by atoms with E-state index in [0.717, 1.165) is 5.76 Å². The Hall–Kier alpha value is -0.540. The third-order valence-corrected chi connectivity index (χ3v) is 1.40. The van der Waals surface area contributed by atoms with Crippen LogP contribution < -0.4 is 5.32 Å². The molecule has 0 aliphatic heterocycles. The lowest BCUT2D eigenvalue weighted by Gasteiger charge is -1.96. The summed E-state index contributed by atoms with van der Waals surface area (Å²) < 4.78 is 16.6. The van der Waals surface area contributed by atoms with Gasteiger partial charge in [0, 0.05) is 6.54 Å². The van der Waals surface area contributed by atoms with Crippen LogP contribution in [0, 0.1) is 0 Å². The number of hydrogen-bond acceptors (Lipinski definition) is 2. The van der Waals surface area contributed by atoms with Crippen LogP contribution in [0.5, 0.6) is 0 Å². The van der Waals surface area contributed by atoms with Crippen molar-refractivity contribution in [2.24, 2.45) is 0 Å². The van der Waals surface area contributed by atoms with Gasteiger partial charge in [-0.2, -0.15) is 0 Å². The van der Waals surface area contributed by atoms with Crippen LogP contribution in [-0.2, 0) is 6.54 Å². The average Bonchev–Trinajstić information content (AvgIpc) is 2.37. The normalized spacial score (nSPS) is 10.4. The number of halogens is 2. The Balaban J connectivity index is 2.27. The number of alkyl halides is 1. The first-order valence-electron chi connectivity index (χ1n) is 3.34. The van der Waals surface area contributed by atoms with Crippen molar-refractivity contribution in [3.8, 4) is 0 Å². The van der Waals surface area contributed by atoms with Crippen LogP contribution in [0.1, 0.15) is 5.76 Å². The van der Waals surface area contributed by atoms with E-state index in [0.29, 0.717) is 18.3 Å². The summed E-state index contributed by atoms with van der Waals surface area (Å²) in [6.07, 6.45) is 0. The molecule has 0 amide bonds. The van der Waals surface area contributed by atoms with Gasteiger partial charge >= 0.3 is 0 Å². The van der Waals surface area contributed by atoms with Gasteiger partial charge in [-0.15, -0.1) is 0 Å². The predicted octanol–water partition coefficient (Wildman–Crippen LogP) is 1.99. The van der Waals surface area contributed by atoms with Crippen LogP contribution in [0.25, 0.3) is 0 Å². The molecule has 0 fully saturated rings. The van der Waals surface area contributed by atoms with E-state index in [1.54, 1.807) is 12.1 Å². The minimum Gasteiger partial charge on any atom is -0.448 e. The molecule has 0 atom stereocenters. The molecule has 62 valence electrons. The molecule has 1 aromatic rings. The van der Waals surface area contributed by atoms with Crippen LogP contribution in [0.15, 0.2) is 16.5 Å². The maximum absolute atomic E-state index is 11.6. The molecule has 0 saturated carbocycles. The van der Waals surface area contributed by atoms with Gasteiger partial charge in [-0.25, -0.2) is 4.39 Å². The molecule has 11 heavy (non-hydrogen) atoms. The van der Waals surface area contributed by atoms with Crippen LogP contribution in [0.2, 0.25) is 5.22 Å². The Bertz CT molecular complexity index is 214. The molecular weight excluding hydrogens is 169 g/mol. The number of furan rings is 1. The molecular formula is C7H9ClFNO. The molecule has 0 radical (unpaired) electrons. The molecule has 0 aliphatic rings. The minimum atomic E-state index is -0.367. The molecule has 1 heterocycles. The maximum atomic E-state index is 11.6. The summed E-state index contributed by atoms with van der Waals surface area (Å²) in [6.45, 7) is 0.503. The Morgan fingerprint density at radius 3 is 2.91 bits per heavy atom. The highest BCUT2D eigenvalue weighted by Crippen LogP contribution is 2.12. The van der Waals surface area contributed by atoms with Crippen molar-refractivity contribution >= 4 is 11.6 Å². The van der Waals surface area contributed by atoms with Crippen molar-refractivity contribution < 1.29 is 8.81 Å². The van der Waals surface area contributed by atoms with Crippen molar-refractivity contribution in [3.63, 3.8) is 0 Å². The standard InChI is InChI=1S/C7H9ClFNO/c8-7-2-1-6(11-7)5-10-4-3-9/h1-2,10H,3-5H2. The van der Waals surface area contributed by atoms with Crippen molar-refractivity contribution in [3.05, 3.63) is 23.1 Å². The summed E-state index contributed by atoms with van der Waals surface area (Å²) in [5.41, 5.74) is 0. The number of hydrogen-bond donors (Lipinski definition) is 1. The van der Waals surface area contributed by atoms with Gasteiger partial charge in [-0.3, -0.25) is 0 Å². The fourth-order valence-electron chi connectivity index (χ4n) is 0.725. The molecule has 2 nitrogen and oxygen atoms in total. The number of nitrogens with one attached hydrogen (secondary N) is 1. The minimum absolute atomic E-state index is 0.346. The highest BCUT2D eigenvalue weighted by Gasteiger charge is 1.97. The molecule has 0 aromatic carbocycles. The lowest BCUT2D eigenvalue weighted by Crippen LogP contribution is -2.15. The van der Waals surface area contributed by atoms with E-state index in [-0.39, 0.29) is 6.67 Å². The Morgan fingerprint density at radius 1 is 1.55 bits per heavy atom. The van der Waals surface area contributed by atoms with E-state index >= 15 is 0 Å². The van der Waals surface area contributed by atoms with Crippen molar-refractivity contribution in [2.45, 2.75) is 6.54 Å². The first kappa shape index (κ1) is 8.56. The molecule has 0 spiro atoms. The van der Waals surface area contributed by atoms with E-state index < -0.39 is 0 Å². The van der Waals surface area contributed by atoms with Gasteiger partial charge in [-0.1, -0.05) is 0 Å². The molecule has 0 saturated heterocycles. The summed E-state index contributed by atoms with van der Waals surface area (Å²) in [7, 11) is 0. The van der Waals surface area contributed by atoms with E-state index in [1.165, 1.54) is 0 Å². The predicted molar refractivity (Wildman–Crippen MR) is 41.4 cm³/mol. The van der Waals surface area contributed by atoms with Gasteiger partial charge in [-0.05, 0) is 23.7 Å². The quantitative estimate of drug-likeness (QED) is 0.712. The van der Waals surface area contributed by atoms with Gasteiger partial charge in [0.15, 0.2) is 5.22 Å². The Morgan fingerprint density at radius 2 is 2.36 bits per heavy atom. The molecule has 1 aromatic heterocycles. The second kappa shape index (κ2) is 4.36. The van der Waals surface area contributed by atoms with Gasteiger partial charge in [0.05, 0.1) is 6.54 Å². The lowest BCUT2D eigenvalue weighted by atomic mass is 10.4. The highest BCUT2D eigenvalue weighted by molar-refractivity contribution is 6.28. The van der Waals surface area contributed by atoms with Crippen LogP contribution >= 0.6 is 11.6 Å². The van der Waals surface area contributed by atoms with Gasteiger partial charge < -0.3 is 9.73 Å². The molecule has 1 rings (SSSR count). The van der Waals surface area contributed by atoms with E-state index in [9.17, 15) is 4.39 Å². The van der Waals surface area contributed by atoms with Crippen molar-refractivity contribution in [2.75, 3.05) is 13.2 Å². The van der Waals surface area contributed by atoms with Gasteiger partial charge in [0.25, 0.3) is 0 Å². The summed E-state index contributed by atoms with van der Waals surface area (Å²) in [4.78, 5) is 0. The lowest BCUT2D eigenvalue weighted by molar-refractivity contribution is 0.440. The van der Waals surface area contributed by atoms with E-state index in [4.69, 9.17) is 16.0 Å². The largest absolute Gasteiger partial charge is 0.448 e. The molecule has 0 unspecified atom stereocenters. The van der Waals surface area contributed by atoms with Gasteiger partial charge in [0.2, 0.25) is 0 Å². The van der Waals surface area contributed by atoms with Crippen molar-refractivity contribution in [1.29, 1.82) is 0 Å². The van der Waals surface area contributed by atoms with Crippen LogP contribution in [0.3, 0.4) is 0 Å². The molecule has 0 aliphatic carbocycles. The van der Waals surface area contributed by atoms with E-state index in [1.807, 2.05) is 0 Å². The van der Waals surface area contributed by atoms with Gasteiger partial charge in [0.1, 0.15) is 12.4 Å². The molecule has 4 heteroatoms. The summed E-state index contributed by atoms with van der Waals surface area (Å²) >= 11 is 5.50. The monoisotopic (exact) mass is 177 g/mol. The summed E-state index contributed by atoms with van der Waals surface area (Å²) in [6, 6.07) is 3.42. The van der Waals surface area contributed by atoms with Crippen molar-refractivity contribution in [1.82, 2.24) is 5.32 Å². The molecule has 0 bridgehead atoms. The average molecular weight is 178 g/mol.